The maximum Gasteiger partial charge on any atom is 0.573 e. The maximum absolute atomic E-state index is 13.2. The van der Waals surface area contributed by atoms with Crippen LogP contribution in [-0.4, -0.2) is 44.5 Å². The lowest BCUT2D eigenvalue weighted by Crippen LogP contribution is -2.44. The molecule has 36 heavy (non-hydrogen) atoms. The van der Waals surface area contributed by atoms with Gasteiger partial charge in [-0.15, -0.1) is 13.2 Å². The molecule has 2 aromatic carbocycles. The molecule has 1 amide bonds. The SMILES string of the molecule is CC(C)(C)OC(=O)N1CCC([C@H](NS(=O)(=O)c2ccc(OC(F)(F)F)cc2)c2ccc(Cl)cc2)CC1. The van der Waals surface area contributed by atoms with Crippen LogP contribution in [0.15, 0.2) is 53.4 Å². The molecule has 1 aliphatic heterocycles. The molecule has 0 aliphatic carbocycles. The summed E-state index contributed by atoms with van der Waals surface area (Å²) < 4.78 is 75.6. The van der Waals surface area contributed by atoms with Crippen molar-refractivity contribution in [2.24, 2.45) is 5.92 Å². The molecule has 1 heterocycles. The Morgan fingerprint density at radius 3 is 2.08 bits per heavy atom. The van der Waals surface area contributed by atoms with Gasteiger partial charge in [0.25, 0.3) is 0 Å². The van der Waals surface area contributed by atoms with Crippen molar-refractivity contribution < 1.29 is 35.9 Å². The van der Waals surface area contributed by atoms with E-state index in [0.717, 1.165) is 24.3 Å². The Balaban J connectivity index is 1.79. The summed E-state index contributed by atoms with van der Waals surface area (Å²) in [6.07, 6.45) is -4.29. The number of nitrogens with zero attached hydrogens (tertiary/aromatic N) is 1. The number of hydrogen-bond acceptors (Lipinski definition) is 5. The number of halogens is 4. The molecule has 198 valence electrons. The third-order valence-electron chi connectivity index (χ3n) is 5.54. The Hall–Kier alpha value is -2.50. The van der Waals surface area contributed by atoms with Crippen LogP contribution in [0.3, 0.4) is 0 Å². The van der Waals surface area contributed by atoms with Crippen LogP contribution >= 0.6 is 11.6 Å². The molecule has 7 nitrogen and oxygen atoms in total. The van der Waals surface area contributed by atoms with E-state index in [9.17, 15) is 26.4 Å². The van der Waals surface area contributed by atoms with Gasteiger partial charge in [0, 0.05) is 24.2 Å². The standard InChI is InChI=1S/C24H28ClF3N2O5S/c1-23(2,3)35-22(31)30-14-12-17(13-15-30)21(16-4-6-18(25)7-5-16)29-36(32,33)20-10-8-19(9-11-20)34-24(26,27)28/h4-11,17,21,29H,12-15H2,1-3H3/t21-/m1/s1. The molecule has 0 spiro atoms. The smallest absolute Gasteiger partial charge is 0.444 e. The lowest BCUT2D eigenvalue weighted by atomic mass is 9.86. The number of hydrogen-bond donors (Lipinski definition) is 1. The summed E-state index contributed by atoms with van der Waals surface area (Å²) >= 11 is 6.01. The topological polar surface area (TPSA) is 84.9 Å². The largest absolute Gasteiger partial charge is 0.573 e. The second kappa shape index (κ2) is 10.9. The maximum atomic E-state index is 13.2. The Kier molecular flexibility index (Phi) is 8.47. The number of amides is 1. The van der Waals surface area contributed by atoms with E-state index < -0.39 is 39.9 Å². The first-order chi connectivity index (χ1) is 16.6. The number of alkyl halides is 3. The van der Waals surface area contributed by atoms with Crippen LogP contribution in [0.4, 0.5) is 18.0 Å². The van der Waals surface area contributed by atoms with Gasteiger partial charge >= 0.3 is 12.5 Å². The lowest BCUT2D eigenvalue weighted by Gasteiger charge is -2.37. The van der Waals surface area contributed by atoms with E-state index in [2.05, 4.69) is 9.46 Å². The molecular formula is C24H28ClF3N2O5S. The van der Waals surface area contributed by atoms with Gasteiger partial charge < -0.3 is 14.4 Å². The van der Waals surface area contributed by atoms with Gasteiger partial charge in [0.1, 0.15) is 11.4 Å². The van der Waals surface area contributed by atoms with Crippen molar-refractivity contribution in [2.45, 2.75) is 56.5 Å². The fraction of sp³-hybridized carbons (Fsp3) is 0.458. The summed E-state index contributed by atoms with van der Waals surface area (Å²) in [5.41, 5.74) is 0.0477. The Bertz CT molecular complexity index is 1140. The zero-order chi connectivity index (χ0) is 26.7. The third-order valence-corrected chi connectivity index (χ3v) is 7.25. The minimum atomic E-state index is -4.88. The van der Waals surface area contributed by atoms with Crippen molar-refractivity contribution in [1.29, 1.82) is 0 Å². The number of rotatable bonds is 6. The highest BCUT2D eigenvalue weighted by Gasteiger charge is 2.34. The first-order valence-electron chi connectivity index (χ1n) is 11.2. The molecule has 0 saturated carbocycles. The number of piperidine rings is 1. The molecule has 3 rings (SSSR count). The zero-order valence-electron chi connectivity index (χ0n) is 20.0. The molecule has 1 atom stereocenters. The van der Waals surface area contributed by atoms with E-state index in [1.165, 1.54) is 0 Å². The lowest BCUT2D eigenvalue weighted by molar-refractivity contribution is -0.274. The second-order valence-electron chi connectivity index (χ2n) is 9.47. The number of carbonyl (C=O) groups excluding carboxylic acids is 1. The first-order valence-corrected chi connectivity index (χ1v) is 13.1. The average molecular weight is 549 g/mol. The number of likely N-dealkylation sites (tertiary alicyclic amines) is 1. The van der Waals surface area contributed by atoms with Crippen LogP contribution < -0.4 is 9.46 Å². The number of nitrogens with one attached hydrogen (secondary N) is 1. The summed E-state index contributed by atoms with van der Waals surface area (Å²) in [6.45, 7) is 6.12. The molecule has 0 radical (unpaired) electrons. The number of ether oxygens (including phenoxy) is 2. The molecule has 12 heteroatoms. The van der Waals surface area contributed by atoms with Crippen molar-refractivity contribution in [3.63, 3.8) is 0 Å². The van der Waals surface area contributed by atoms with Crippen LogP contribution in [0.2, 0.25) is 5.02 Å². The average Bonchev–Trinajstić information content (AvgIpc) is 2.76. The van der Waals surface area contributed by atoms with Gasteiger partial charge in [-0.1, -0.05) is 23.7 Å². The van der Waals surface area contributed by atoms with Crippen molar-refractivity contribution in [3.8, 4) is 5.75 Å². The molecule has 1 fully saturated rings. The van der Waals surface area contributed by atoms with Crippen molar-refractivity contribution >= 4 is 27.7 Å². The molecule has 1 aliphatic rings. The van der Waals surface area contributed by atoms with E-state index in [0.29, 0.717) is 36.5 Å². The molecule has 1 saturated heterocycles. The van der Waals surface area contributed by atoms with E-state index >= 15 is 0 Å². The van der Waals surface area contributed by atoms with Crippen LogP contribution in [0, 0.1) is 5.92 Å². The molecule has 0 aromatic heterocycles. The summed E-state index contributed by atoms with van der Waals surface area (Å²) in [7, 11) is -4.11. The summed E-state index contributed by atoms with van der Waals surface area (Å²) in [4.78, 5) is 13.8. The van der Waals surface area contributed by atoms with Gasteiger partial charge in [0.15, 0.2) is 0 Å². The third kappa shape index (κ3) is 8.01. The molecule has 2 aromatic rings. The predicted octanol–water partition coefficient (Wildman–Crippen LogP) is 5.91. The van der Waals surface area contributed by atoms with E-state index in [1.807, 2.05) is 0 Å². The Morgan fingerprint density at radius 1 is 1.03 bits per heavy atom. The highest BCUT2D eigenvalue weighted by atomic mass is 35.5. The molecule has 0 bridgehead atoms. The van der Waals surface area contributed by atoms with Gasteiger partial charge in [-0.3, -0.25) is 0 Å². The van der Waals surface area contributed by atoms with Crippen LogP contribution in [0.1, 0.15) is 45.2 Å². The number of sulfonamides is 1. The second-order valence-corrected chi connectivity index (χ2v) is 11.6. The molecule has 0 unspecified atom stereocenters. The van der Waals surface area contributed by atoms with Gasteiger partial charge in [0.2, 0.25) is 10.0 Å². The normalized spacial score (nSPS) is 16.5. The van der Waals surface area contributed by atoms with Gasteiger partial charge in [-0.05, 0) is 81.5 Å². The van der Waals surface area contributed by atoms with Crippen LogP contribution in [0.25, 0.3) is 0 Å². The highest BCUT2D eigenvalue weighted by molar-refractivity contribution is 7.89. The minimum absolute atomic E-state index is 0.160. The first kappa shape index (κ1) is 28.1. The zero-order valence-corrected chi connectivity index (χ0v) is 21.6. The van der Waals surface area contributed by atoms with Crippen molar-refractivity contribution in [1.82, 2.24) is 9.62 Å². The Morgan fingerprint density at radius 2 is 1.58 bits per heavy atom. The van der Waals surface area contributed by atoms with E-state index in [-0.39, 0.29) is 10.8 Å². The van der Waals surface area contributed by atoms with Gasteiger partial charge in [0.05, 0.1) is 4.90 Å². The molecule has 1 N–H and O–H groups in total. The summed E-state index contributed by atoms with van der Waals surface area (Å²) in [6, 6.07) is 10.1. The van der Waals surface area contributed by atoms with E-state index in [4.69, 9.17) is 16.3 Å². The number of carbonyl (C=O) groups is 1. The van der Waals surface area contributed by atoms with Crippen molar-refractivity contribution in [3.05, 3.63) is 59.1 Å². The molecular weight excluding hydrogens is 521 g/mol. The highest BCUT2D eigenvalue weighted by Crippen LogP contribution is 2.34. The van der Waals surface area contributed by atoms with E-state index in [1.54, 1.807) is 49.9 Å². The summed E-state index contributed by atoms with van der Waals surface area (Å²) in [5.74, 6) is -0.683. The van der Waals surface area contributed by atoms with Gasteiger partial charge in [-0.2, -0.15) is 0 Å². The van der Waals surface area contributed by atoms with Crippen LogP contribution in [-0.2, 0) is 14.8 Å². The monoisotopic (exact) mass is 548 g/mol. The Labute approximate surface area is 213 Å². The van der Waals surface area contributed by atoms with Crippen molar-refractivity contribution in [2.75, 3.05) is 13.1 Å². The minimum Gasteiger partial charge on any atom is -0.444 e. The predicted molar refractivity (Wildman–Crippen MR) is 128 cm³/mol. The van der Waals surface area contributed by atoms with Crippen LogP contribution in [0.5, 0.6) is 5.75 Å². The fourth-order valence-corrected chi connectivity index (χ4v) is 5.32. The fourth-order valence-electron chi connectivity index (χ4n) is 3.90. The quantitative estimate of drug-likeness (QED) is 0.485. The van der Waals surface area contributed by atoms with Gasteiger partial charge in [-0.25, -0.2) is 17.9 Å². The number of benzene rings is 2. The summed E-state index contributed by atoms with van der Waals surface area (Å²) in [5, 5.41) is 0.486.